The van der Waals surface area contributed by atoms with Crippen LogP contribution in [0, 0.1) is 0 Å². The number of rotatable bonds is 4. The number of hydrogen-bond acceptors (Lipinski definition) is 2. The van der Waals surface area contributed by atoms with Crippen LogP contribution in [0.4, 0.5) is 0 Å². The van der Waals surface area contributed by atoms with Gasteiger partial charge in [-0.25, -0.2) is 4.98 Å². The summed E-state index contributed by atoms with van der Waals surface area (Å²) >= 11 is 6.07. The predicted octanol–water partition coefficient (Wildman–Crippen LogP) is 4.62. The highest BCUT2D eigenvalue weighted by molar-refractivity contribution is 6.30. The predicted molar refractivity (Wildman–Crippen MR) is 104 cm³/mol. The summed E-state index contributed by atoms with van der Waals surface area (Å²) in [5.74, 6) is -0.0625. The van der Waals surface area contributed by atoms with Crippen molar-refractivity contribution >= 4 is 23.2 Å². The van der Waals surface area contributed by atoms with Crippen LogP contribution in [-0.2, 0) is 5.41 Å². The minimum absolute atomic E-state index is 0.0126. The summed E-state index contributed by atoms with van der Waals surface area (Å²) in [6, 6.07) is 13.7. The van der Waals surface area contributed by atoms with Gasteiger partial charge in [0, 0.05) is 29.4 Å². The van der Waals surface area contributed by atoms with Crippen LogP contribution in [0.5, 0.6) is 0 Å². The molecule has 134 valence electrons. The number of hydrogen-bond donors (Lipinski definition) is 1. The van der Waals surface area contributed by atoms with Gasteiger partial charge in [0.05, 0.1) is 0 Å². The molecule has 5 heteroatoms. The number of halogens is 1. The quantitative estimate of drug-likeness (QED) is 0.731. The highest BCUT2D eigenvalue weighted by atomic mass is 35.5. The van der Waals surface area contributed by atoms with Gasteiger partial charge in [0.2, 0.25) is 0 Å². The summed E-state index contributed by atoms with van der Waals surface area (Å²) in [5.41, 5.74) is 2.65. The topological polar surface area (TPSA) is 46.4 Å². The van der Waals surface area contributed by atoms with E-state index in [1.165, 1.54) is 24.8 Å². The molecule has 0 spiro atoms. The minimum Gasteiger partial charge on any atom is -0.350 e. The van der Waals surface area contributed by atoms with Crippen molar-refractivity contribution in [3.8, 4) is 0 Å². The molecule has 0 radical (unpaired) electrons. The second-order valence-electron chi connectivity index (χ2n) is 7.10. The maximum atomic E-state index is 12.8. The number of benzene rings is 1. The Hall–Kier alpha value is -2.33. The lowest BCUT2D eigenvalue weighted by Gasteiger charge is -2.38. The third kappa shape index (κ3) is 3.21. The van der Waals surface area contributed by atoms with Gasteiger partial charge in [0.25, 0.3) is 5.91 Å². The van der Waals surface area contributed by atoms with E-state index in [1.807, 2.05) is 40.9 Å². The smallest absolute Gasteiger partial charge is 0.268 e. The molecule has 0 atom stereocenters. The van der Waals surface area contributed by atoms with Gasteiger partial charge < -0.3 is 5.32 Å². The molecule has 1 aliphatic rings. The van der Waals surface area contributed by atoms with Crippen LogP contribution in [0.3, 0.4) is 0 Å². The molecule has 0 saturated heterocycles. The van der Waals surface area contributed by atoms with Crippen molar-refractivity contribution in [2.24, 2.45) is 0 Å². The third-order valence-electron chi connectivity index (χ3n) is 5.52. The maximum absolute atomic E-state index is 12.8. The molecule has 1 aliphatic carbocycles. The first kappa shape index (κ1) is 17.1. The van der Waals surface area contributed by atoms with Crippen molar-refractivity contribution in [1.29, 1.82) is 0 Å². The van der Waals surface area contributed by atoms with E-state index in [0.29, 0.717) is 12.2 Å². The molecule has 4 rings (SSSR count). The van der Waals surface area contributed by atoms with Crippen LogP contribution in [0.15, 0.2) is 54.9 Å². The number of carbonyl (C=O) groups is 1. The molecule has 4 nitrogen and oxygen atoms in total. The van der Waals surface area contributed by atoms with Crippen LogP contribution in [0.2, 0.25) is 5.02 Å². The monoisotopic (exact) mass is 367 g/mol. The highest BCUT2D eigenvalue weighted by Gasteiger charge is 2.34. The Morgan fingerprint density at radius 1 is 1.12 bits per heavy atom. The third-order valence-corrected chi connectivity index (χ3v) is 5.77. The Balaban J connectivity index is 1.57. The van der Waals surface area contributed by atoms with E-state index < -0.39 is 0 Å². The van der Waals surface area contributed by atoms with Crippen LogP contribution < -0.4 is 5.32 Å². The van der Waals surface area contributed by atoms with Crippen LogP contribution in [0.1, 0.15) is 48.2 Å². The van der Waals surface area contributed by atoms with Gasteiger partial charge in [-0.05, 0) is 42.7 Å². The summed E-state index contributed by atoms with van der Waals surface area (Å²) in [7, 11) is 0. The van der Waals surface area contributed by atoms with Gasteiger partial charge in [0.15, 0.2) is 0 Å². The second-order valence-corrected chi connectivity index (χ2v) is 7.53. The molecule has 1 saturated carbocycles. The Morgan fingerprint density at radius 3 is 2.65 bits per heavy atom. The number of fused-ring (bicyclic) bond motifs is 1. The van der Waals surface area contributed by atoms with Gasteiger partial charge in [-0.2, -0.15) is 0 Å². The summed E-state index contributed by atoms with van der Waals surface area (Å²) in [5, 5.41) is 3.93. The Bertz CT molecular complexity index is 910. The molecular formula is C21H22ClN3O. The average Bonchev–Trinajstić information content (AvgIpc) is 3.16. The van der Waals surface area contributed by atoms with E-state index in [4.69, 9.17) is 11.6 Å². The summed E-state index contributed by atoms with van der Waals surface area (Å²) in [6.45, 7) is 0.637. The first-order chi connectivity index (χ1) is 12.7. The normalized spacial score (nSPS) is 16.5. The molecule has 26 heavy (non-hydrogen) atoms. The number of pyridine rings is 1. The van der Waals surface area contributed by atoms with E-state index >= 15 is 0 Å². The fourth-order valence-electron chi connectivity index (χ4n) is 4.07. The molecule has 0 bridgehead atoms. The van der Waals surface area contributed by atoms with Crippen molar-refractivity contribution in [3.05, 3.63) is 71.1 Å². The summed E-state index contributed by atoms with van der Waals surface area (Å²) < 4.78 is 1.82. The van der Waals surface area contributed by atoms with Crippen LogP contribution in [0.25, 0.3) is 5.65 Å². The van der Waals surface area contributed by atoms with Gasteiger partial charge >= 0.3 is 0 Å². The largest absolute Gasteiger partial charge is 0.350 e. The van der Waals surface area contributed by atoms with Gasteiger partial charge in [-0.15, -0.1) is 0 Å². The Kier molecular flexibility index (Phi) is 4.68. The molecule has 2 heterocycles. The lowest BCUT2D eigenvalue weighted by atomic mass is 9.69. The molecule has 3 aromatic rings. The van der Waals surface area contributed by atoms with Crippen molar-refractivity contribution in [2.75, 3.05) is 6.54 Å². The second kappa shape index (κ2) is 7.12. The van der Waals surface area contributed by atoms with Gasteiger partial charge in [0.1, 0.15) is 11.3 Å². The molecule has 1 aromatic carbocycles. The number of aromatic nitrogens is 2. The summed E-state index contributed by atoms with van der Waals surface area (Å²) in [6.07, 6.45) is 9.35. The van der Waals surface area contributed by atoms with Crippen molar-refractivity contribution in [2.45, 2.75) is 37.5 Å². The molecule has 0 aliphatic heterocycles. The molecule has 1 amide bonds. The lowest BCUT2D eigenvalue weighted by Crippen LogP contribution is -2.42. The number of carbonyl (C=O) groups excluding carboxylic acids is 1. The molecule has 0 unspecified atom stereocenters. The maximum Gasteiger partial charge on any atom is 0.268 e. The Labute approximate surface area is 158 Å². The molecule has 1 fully saturated rings. The van der Waals surface area contributed by atoms with E-state index in [1.54, 1.807) is 6.20 Å². The van der Waals surface area contributed by atoms with Crippen LogP contribution >= 0.6 is 11.6 Å². The molecule has 1 N–H and O–H groups in total. The fourth-order valence-corrected chi connectivity index (χ4v) is 4.20. The van der Waals surface area contributed by atoms with Crippen molar-refractivity contribution < 1.29 is 4.79 Å². The van der Waals surface area contributed by atoms with Crippen molar-refractivity contribution in [1.82, 2.24) is 14.7 Å². The minimum atomic E-state index is -0.0625. The number of amides is 1. The van der Waals surface area contributed by atoms with E-state index in [-0.39, 0.29) is 11.3 Å². The van der Waals surface area contributed by atoms with Crippen LogP contribution in [-0.4, -0.2) is 21.8 Å². The number of nitrogens with zero attached hydrogens (tertiary/aromatic N) is 2. The fraction of sp³-hybridized carbons (Fsp3) is 0.333. The van der Waals surface area contributed by atoms with E-state index in [2.05, 4.69) is 22.4 Å². The average molecular weight is 368 g/mol. The zero-order chi connectivity index (χ0) is 18.0. The van der Waals surface area contributed by atoms with Gasteiger partial charge in [-0.3, -0.25) is 9.20 Å². The lowest BCUT2D eigenvalue weighted by molar-refractivity contribution is 0.0930. The highest BCUT2D eigenvalue weighted by Crippen LogP contribution is 2.39. The first-order valence-electron chi connectivity index (χ1n) is 9.14. The number of imidazole rings is 1. The van der Waals surface area contributed by atoms with E-state index in [0.717, 1.165) is 23.5 Å². The first-order valence-corrected chi connectivity index (χ1v) is 9.52. The standard InChI is InChI=1S/C21H22ClN3O/c22-17-9-7-16(8-10-17)21(11-2-1-3-12-21)15-24-20(26)18-5-4-6-19-23-13-14-25(18)19/h4-10,13-14H,1-3,11-12,15H2,(H,24,26). The van der Waals surface area contributed by atoms with E-state index in [9.17, 15) is 4.79 Å². The van der Waals surface area contributed by atoms with Gasteiger partial charge in [-0.1, -0.05) is 49.1 Å². The number of nitrogens with one attached hydrogen (secondary N) is 1. The SMILES string of the molecule is O=C(NCC1(c2ccc(Cl)cc2)CCCCC1)c1cccc2nccn12. The zero-order valence-corrected chi connectivity index (χ0v) is 15.4. The molecule has 2 aromatic heterocycles. The summed E-state index contributed by atoms with van der Waals surface area (Å²) in [4.78, 5) is 17.1. The van der Waals surface area contributed by atoms with Crippen molar-refractivity contribution in [3.63, 3.8) is 0 Å². The zero-order valence-electron chi connectivity index (χ0n) is 14.6. The molecular weight excluding hydrogens is 346 g/mol. The Morgan fingerprint density at radius 2 is 1.88 bits per heavy atom.